The lowest BCUT2D eigenvalue weighted by Gasteiger charge is -2.28. The van der Waals surface area contributed by atoms with Gasteiger partial charge in [0.05, 0.1) is 13.7 Å². The van der Waals surface area contributed by atoms with Crippen LogP contribution < -0.4 is 0 Å². The summed E-state index contributed by atoms with van der Waals surface area (Å²) < 4.78 is 10.8. The van der Waals surface area contributed by atoms with Crippen LogP contribution in [0.3, 0.4) is 0 Å². The summed E-state index contributed by atoms with van der Waals surface area (Å²) in [6, 6.07) is 11.6. The zero-order valence-corrected chi connectivity index (χ0v) is 14.5. The van der Waals surface area contributed by atoms with E-state index in [0.29, 0.717) is 6.61 Å². The number of rotatable bonds is 8. The molecule has 0 heterocycles. The first-order valence-corrected chi connectivity index (χ1v) is 10.1. The number of ether oxygens (including phenoxy) is 1. The molecule has 0 unspecified atom stereocenters. The molecule has 0 bridgehead atoms. The van der Waals surface area contributed by atoms with Gasteiger partial charge >= 0.3 is 5.97 Å². The lowest BCUT2D eigenvalue weighted by molar-refractivity contribution is -0.134. The molecule has 21 heavy (non-hydrogen) atoms. The van der Waals surface area contributed by atoms with Crippen molar-refractivity contribution in [2.24, 2.45) is 0 Å². The van der Waals surface area contributed by atoms with Crippen molar-refractivity contribution in [1.82, 2.24) is 0 Å². The molecule has 0 amide bonds. The molecule has 0 spiro atoms. The highest BCUT2D eigenvalue weighted by Crippen LogP contribution is 2.23. The van der Waals surface area contributed by atoms with Crippen LogP contribution in [-0.2, 0) is 20.6 Å². The summed E-state index contributed by atoms with van der Waals surface area (Å²) in [5, 5.41) is 0. The van der Waals surface area contributed by atoms with Crippen LogP contribution in [0, 0.1) is 0 Å². The maximum Gasteiger partial charge on any atom is 0.330 e. The maximum absolute atomic E-state index is 11.0. The summed E-state index contributed by atoms with van der Waals surface area (Å²) >= 11 is 0. The lowest BCUT2D eigenvalue weighted by atomic mass is 10.1. The number of benzene rings is 1. The fraction of sp³-hybridized carbons (Fsp3) is 0.471. The Morgan fingerprint density at radius 1 is 1.10 bits per heavy atom. The number of hydrogen-bond acceptors (Lipinski definition) is 3. The Balaban J connectivity index is 2.62. The maximum atomic E-state index is 11.0. The Bertz CT molecular complexity index is 453. The van der Waals surface area contributed by atoms with Crippen LogP contribution in [-0.4, -0.2) is 21.4 Å². The van der Waals surface area contributed by atoms with Crippen molar-refractivity contribution in [2.45, 2.75) is 45.5 Å². The van der Waals surface area contributed by atoms with Gasteiger partial charge in [-0.25, -0.2) is 4.79 Å². The number of carbonyl (C=O) groups is 1. The van der Waals surface area contributed by atoms with Gasteiger partial charge in [0.25, 0.3) is 0 Å². The number of carbonyl (C=O) groups excluding carboxylic acids is 1. The van der Waals surface area contributed by atoms with Gasteiger partial charge in [0.2, 0.25) is 0 Å². The summed E-state index contributed by atoms with van der Waals surface area (Å²) in [5.41, 5.74) is 2.16. The second kappa shape index (κ2) is 8.80. The molecular weight excluding hydrogens is 280 g/mol. The van der Waals surface area contributed by atoms with Crippen LogP contribution in [0.5, 0.6) is 0 Å². The van der Waals surface area contributed by atoms with Gasteiger partial charge in [-0.15, -0.1) is 0 Å². The smallest absolute Gasteiger partial charge is 0.330 e. The fourth-order valence-corrected chi connectivity index (χ4v) is 4.84. The van der Waals surface area contributed by atoms with Crippen LogP contribution in [0.15, 0.2) is 30.3 Å². The molecular formula is C17H26O3Si. The van der Waals surface area contributed by atoms with Crippen molar-refractivity contribution in [3.8, 4) is 0 Å². The predicted molar refractivity (Wildman–Crippen MR) is 89.5 cm³/mol. The molecule has 1 aromatic carbocycles. The van der Waals surface area contributed by atoms with Gasteiger partial charge in [-0.05, 0) is 35.3 Å². The molecule has 0 saturated heterocycles. The molecule has 0 radical (unpaired) electrons. The third-order valence-electron chi connectivity index (χ3n) is 4.07. The second-order valence-electron chi connectivity index (χ2n) is 5.13. The standard InChI is InChI=1S/C17H26O3Si/c1-5-21(6-2,7-3)20-14-16-10-8-15(9-11-16)12-13-17(18)19-4/h8-13H,5-7,14H2,1-4H3/b13-12+. The number of hydrogen-bond donors (Lipinski definition) is 0. The monoisotopic (exact) mass is 306 g/mol. The van der Waals surface area contributed by atoms with Crippen molar-refractivity contribution in [3.05, 3.63) is 41.5 Å². The number of methoxy groups -OCH3 is 1. The Kier molecular flexibility index (Phi) is 7.40. The molecule has 0 fully saturated rings. The van der Waals surface area contributed by atoms with Crippen LogP contribution in [0.25, 0.3) is 6.08 Å². The minimum Gasteiger partial charge on any atom is -0.466 e. The van der Waals surface area contributed by atoms with Crippen molar-refractivity contribution in [1.29, 1.82) is 0 Å². The molecule has 116 valence electrons. The van der Waals surface area contributed by atoms with E-state index in [2.05, 4.69) is 37.6 Å². The summed E-state index contributed by atoms with van der Waals surface area (Å²) in [7, 11) is -0.151. The van der Waals surface area contributed by atoms with E-state index in [1.54, 1.807) is 6.08 Å². The van der Waals surface area contributed by atoms with Crippen molar-refractivity contribution >= 4 is 20.4 Å². The molecule has 1 aromatic rings. The fourth-order valence-electron chi connectivity index (χ4n) is 2.25. The third-order valence-corrected chi connectivity index (χ3v) is 8.69. The summed E-state index contributed by atoms with van der Waals surface area (Å²) in [5.74, 6) is -0.341. The second-order valence-corrected chi connectivity index (χ2v) is 9.91. The topological polar surface area (TPSA) is 35.5 Å². The third kappa shape index (κ3) is 5.48. The van der Waals surface area contributed by atoms with Gasteiger partial charge < -0.3 is 9.16 Å². The Labute approximate surface area is 129 Å². The molecule has 0 aliphatic heterocycles. The SMILES string of the molecule is CC[Si](CC)(CC)OCc1ccc(/C=C/C(=O)OC)cc1. The van der Waals surface area contributed by atoms with Crippen molar-refractivity contribution in [2.75, 3.05) is 7.11 Å². The Morgan fingerprint density at radius 3 is 2.14 bits per heavy atom. The largest absolute Gasteiger partial charge is 0.466 e. The Hall–Kier alpha value is -1.39. The van der Waals surface area contributed by atoms with Crippen molar-refractivity contribution < 1.29 is 14.0 Å². The minimum absolute atomic E-state index is 0.341. The molecule has 0 saturated carbocycles. The molecule has 0 aliphatic carbocycles. The molecule has 0 atom stereocenters. The van der Waals surface area contributed by atoms with E-state index in [0.717, 1.165) is 5.56 Å². The molecule has 0 aliphatic rings. The Morgan fingerprint density at radius 2 is 1.67 bits per heavy atom. The average Bonchev–Trinajstić information content (AvgIpc) is 2.55. The summed E-state index contributed by atoms with van der Waals surface area (Å²) in [6.07, 6.45) is 3.17. The van der Waals surface area contributed by atoms with Crippen LogP contribution in [0.4, 0.5) is 0 Å². The van der Waals surface area contributed by atoms with Gasteiger partial charge in [0, 0.05) is 6.08 Å². The van der Waals surface area contributed by atoms with E-state index in [1.807, 2.05) is 12.1 Å². The molecule has 1 rings (SSSR count). The summed E-state index contributed by atoms with van der Waals surface area (Å²) in [4.78, 5) is 11.0. The normalized spacial score (nSPS) is 11.8. The summed E-state index contributed by atoms with van der Waals surface area (Å²) in [6.45, 7) is 7.39. The highest BCUT2D eigenvalue weighted by Gasteiger charge is 2.28. The number of esters is 1. The van der Waals surface area contributed by atoms with E-state index < -0.39 is 8.32 Å². The van der Waals surface area contributed by atoms with E-state index in [-0.39, 0.29) is 5.97 Å². The van der Waals surface area contributed by atoms with E-state index in [9.17, 15) is 4.79 Å². The van der Waals surface area contributed by atoms with Crippen LogP contribution in [0.1, 0.15) is 31.9 Å². The first-order chi connectivity index (χ1) is 10.1. The first kappa shape index (κ1) is 17.7. The van der Waals surface area contributed by atoms with Gasteiger partial charge in [-0.3, -0.25) is 0 Å². The molecule has 0 aromatic heterocycles. The van der Waals surface area contributed by atoms with Gasteiger partial charge in [-0.2, -0.15) is 0 Å². The van der Waals surface area contributed by atoms with Crippen LogP contribution in [0.2, 0.25) is 18.1 Å². The van der Waals surface area contributed by atoms with Crippen molar-refractivity contribution in [3.63, 3.8) is 0 Å². The van der Waals surface area contributed by atoms with Gasteiger partial charge in [0.15, 0.2) is 8.32 Å². The van der Waals surface area contributed by atoms with E-state index in [1.165, 1.54) is 36.9 Å². The quantitative estimate of drug-likeness (QED) is 0.406. The average molecular weight is 306 g/mol. The van der Waals surface area contributed by atoms with E-state index >= 15 is 0 Å². The van der Waals surface area contributed by atoms with Gasteiger partial charge in [-0.1, -0.05) is 45.0 Å². The van der Waals surface area contributed by atoms with E-state index in [4.69, 9.17) is 4.43 Å². The zero-order chi connectivity index (χ0) is 15.7. The predicted octanol–water partition coefficient (Wildman–Crippen LogP) is 4.39. The highest BCUT2D eigenvalue weighted by molar-refractivity contribution is 6.73. The van der Waals surface area contributed by atoms with Gasteiger partial charge in [0.1, 0.15) is 0 Å². The molecule has 3 nitrogen and oxygen atoms in total. The zero-order valence-electron chi connectivity index (χ0n) is 13.5. The molecule has 4 heteroatoms. The molecule has 0 N–H and O–H groups in total. The minimum atomic E-state index is -1.52. The first-order valence-electron chi connectivity index (χ1n) is 7.58. The highest BCUT2D eigenvalue weighted by atomic mass is 28.4. The lowest BCUT2D eigenvalue weighted by Crippen LogP contribution is -2.35. The van der Waals surface area contributed by atoms with Crippen LogP contribution >= 0.6 is 0 Å².